The second kappa shape index (κ2) is 8.24. The molecular formula is C15H22FN3OS. The quantitative estimate of drug-likeness (QED) is 0.378. The van der Waals surface area contributed by atoms with Gasteiger partial charge in [0.15, 0.2) is 5.96 Å². The molecule has 1 aliphatic heterocycles. The van der Waals surface area contributed by atoms with Gasteiger partial charge in [0, 0.05) is 30.3 Å². The smallest absolute Gasteiger partial charge is 0.194 e. The maximum Gasteiger partial charge on any atom is 0.194 e. The monoisotopic (exact) mass is 311 g/mol. The lowest BCUT2D eigenvalue weighted by Crippen LogP contribution is -2.40. The molecule has 1 atom stereocenters. The summed E-state index contributed by atoms with van der Waals surface area (Å²) in [6.45, 7) is 4.90. The highest BCUT2D eigenvalue weighted by molar-refractivity contribution is 7.99. The molecule has 0 aromatic heterocycles. The van der Waals surface area contributed by atoms with E-state index in [1.54, 1.807) is 12.1 Å². The van der Waals surface area contributed by atoms with Crippen LogP contribution in [-0.2, 0) is 0 Å². The summed E-state index contributed by atoms with van der Waals surface area (Å²) >= 11 is 1.47. The summed E-state index contributed by atoms with van der Waals surface area (Å²) in [5.74, 6) is 1.39. The van der Waals surface area contributed by atoms with Crippen molar-refractivity contribution in [1.82, 2.24) is 10.2 Å². The number of thioether (sulfide) groups is 1. The van der Waals surface area contributed by atoms with E-state index in [-0.39, 0.29) is 11.9 Å². The minimum Gasteiger partial charge on any atom is -0.391 e. The van der Waals surface area contributed by atoms with Gasteiger partial charge in [-0.25, -0.2) is 4.39 Å². The fourth-order valence-electron chi connectivity index (χ4n) is 2.23. The van der Waals surface area contributed by atoms with Crippen molar-refractivity contribution in [1.29, 1.82) is 0 Å². The normalized spacial score (nSPS) is 19.1. The molecule has 1 aliphatic rings. The molecular weight excluding hydrogens is 289 g/mol. The third-order valence-electron chi connectivity index (χ3n) is 3.24. The van der Waals surface area contributed by atoms with E-state index in [1.807, 2.05) is 13.0 Å². The number of aliphatic hydroxyl groups is 1. The van der Waals surface area contributed by atoms with E-state index in [0.717, 1.165) is 31.2 Å². The molecule has 0 amide bonds. The molecule has 2 rings (SSSR count). The van der Waals surface area contributed by atoms with Gasteiger partial charge in [0.1, 0.15) is 5.82 Å². The maximum atomic E-state index is 13.5. The Morgan fingerprint density at radius 2 is 2.33 bits per heavy atom. The van der Waals surface area contributed by atoms with Gasteiger partial charge in [0.05, 0.1) is 12.6 Å². The lowest BCUT2D eigenvalue weighted by atomic mass is 10.3. The number of nitrogens with one attached hydrogen (secondary N) is 1. The molecule has 1 aromatic carbocycles. The fraction of sp³-hybridized carbons (Fsp3) is 0.533. The molecule has 0 saturated carbocycles. The molecule has 0 unspecified atom stereocenters. The van der Waals surface area contributed by atoms with Crippen molar-refractivity contribution in [3.05, 3.63) is 30.1 Å². The summed E-state index contributed by atoms with van der Waals surface area (Å²) in [5.41, 5.74) is 0. The molecule has 0 spiro atoms. The van der Waals surface area contributed by atoms with Gasteiger partial charge in [-0.2, -0.15) is 0 Å². The average Bonchev–Trinajstić information content (AvgIpc) is 2.90. The number of guanidine groups is 1. The standard InChI is InChI=1S/C15H22FN3OS/c1-2-17-15(19-9-7-12(20)11-19)18-8-10-21-14-6-4-3-5-13(14)16/h3-6,12,20H,2,7-11H2,1H3,(H,17,18)/t12-/m1/s1. The van der Waals surface area contributed by atoms with Crippen LogP contribution in [0.5, 0.6) is 0 Å². The van der Waals surface area contributed by atoms with Crippen LogP contribution in [0.2, 0.25) is 0 Å². The average molecular weight is 311 g/mol. The van der Waals surface area contributed by atoms with E-state index in [9.17, 15) is 9.50 Å². The Hall–Kier alpha value is -1.27. The van der Waals surface area contributed by atoms with Crippen molar-refractivity contribution in [2.24, 2.45) is 4.99 Å². The van der Waals surface area contributed by atoms with Gasteiger partial charge >= 0.3 is 0 Å². The molecule has 1 aromatic rings. The van der Waals surface area contributed by atoms with Crippen LogP contribution in [0.25, 0.3) is 0 Å². The van der Waals surface area contributed by atoms with Crippen LogP contribution in [0.1, 0.15) is 13.3 Å². The molecule has 1 fully saturated rings. The number of nitrogens with zero attached hydrogens (tertiary/aromatic N) is 2. The first-order valence-corrected chi connectivity index (χ1v) is 8.28. The molecule has 116 valence electrons. The summed E-state index contributed by atoms with van der Waals surface area (Å²) in [7, 11) is 0. The van der Waals surface area contributed by atoms with Gasteiger partial charge in [0.2, 0.25) is 0 Å². The number of halogens is 1. The fourth-order valence-corrected chi connectivity index (χ4v) is 3.01. The number of β-amino-alcohol motifs (C(OH)–C–C–N with tert-alkyl or cyclic N) is 1. The summed E-state index contributed by atoms with van der Waals surface area (Å²) in [6, 6.07) is 6.79. The minimum atomic E-state index is -0.262. The molecule has 1 saturated heterocycles. The molecule has 21 heavy (non-hydrogen) atoms. The van der Waals surface area contributed by atoms with Gasteiger partial charge in [-0.3, -0.25) is 4.99 Å². The number of hydrogen-bond donors (Lipinski definition) is 2. The maximum absolute atomic E-state index is 13.5. The molecule has 0 aliphatic carbocycles. The molecule has 4 nitrogen and oxygen atoms in total. The van der Waals surface area contributed by atoms with Crippen LogP contribution in [0.4, 0.5) is 4.39 Å². The third-order valence-corrected chi connectivity index (χ3v) is 4.27. The zero-order valence-electron chi connectivity index (χ0n) is 12.3. The van der Waals surface area contributed by atoms with Gasteiger partial charge < -0.3 is 15.3 Å². The number of likely N-dealkylation sites (tertiary alicyclic amines) is 1. The predicted molar refractivity (Wildman–Crippen MR) is 85.3 cm³/mol. The van der Waals surface area contributed by atoms with Crippen LogP contribution in [-0.4, -0.2) is 54.0 Å². The molecule has 6 heteroatoms. The molecule has 0 radical (unpaired) electrons. The first-order chi connectivity index (χ1) is 10.2. The van der Waals surface area contributed by atoms with E-state index in [0.29, 0.717) is 18.0 Å². The first kappa shape index (κ1) is 16.1. The number of benzene rings is 1. The van der Waals surface area contributed by atoms with Crippen molar-refractivity contribution in [2.45, 2.75) is 24.3 Å². The van der Waals surface area contributed by atoms with E-state index < -0.39 is 0 Å². The zero-order valence-corrected chi connectivity index (χ0v) is 13.1. The van der Waals surface area contributed by atoms with Crippen LogP contribution >= 0.6 is 11.8 Å². The highest BCUT2D eigenvalue weighted by Gasteiger charge is 2.22. The zero-order chi connectivity index (χ0) is 15.1. The Bertz CT molecular complexity index is 484. The van der Waals surface area contributed by atoms with Crippen LogP contribution < -0.4 is 5.32 Å². The van der Waals surface area contributed by atoms with E-state index in [1.165, 1.54) is 17.8 Å². The number of aliphatic imine (C=N–C) groups is 1. The van der Waals surface area contributed by atoms with E-state index >= 15 is 0 Å². The highest BCUT2D eigenvalue weighted by Crippen LogP contribution is 2.20. The number of aliphatic hydroxyl groups excluding tert-OH is 1. The van der Waals surface area contributed by atoms with Crippen molar-refractivity contribution < 1.29 is 9.50 Å². The van der Waals surface area contributed by atoms with E-state index in [2.05, 4.69) is 15.2 Å². The first-order valence-electron chi connectivity index (χ1n) is 7.29. The number of rotatable bonds is 5. The highest BCUT2D eigenvalue weighted by atomic mass is 32.2. The third kappa shape index (κ3) is 4.89. The van der Waals surface area contributed by atoms with Gasteiger partial charge in [0.25, 0.3) is 0 Å². The summed E-state index contributed by atoms with van der Waals surface area (Å²) in [6.07, 6.45) is 0.524. The second-order valence-corrected chi connectivity index (χ2v) is 6.04. The van der Waals surface area contributed by atoms with Crippen molar-refractivity contribution in [3.63, 3.8) is 0 Å². The van der Waals surface area contributed by atoms with Crippen molar-refractivity contribution in [2.75, 3.05) is 31.9 Å². The topological polar surface area (TPSA) is 47.9 Å². The summed E-state index contributed by atoms with van der Waals surface area (Å²) in [4.78, 5) is 7.28. The van der Waals surface area contributed by atoms with Gasteiger partial charge in [-0.05, 0) is 25.5 Å². The summed E-state index contributed by atoms with van der Waals surface area (Å²) < 4.78 is 13.5. The van der Waals surface area contributed by atoms with Crippen LogP contribution in [0.3, 0.4) is 0 Å². The Kier molecular flexibility index (Phi) is 6.32. The molecule has 2 N–H and O–H groups in total. The Labute approximate surface area is 129 Å². The number of hydrogen-bond acceptors (Lipinski definition) is 3. The van der Waals surface area contributed by atoms with E-state index in [4.69, 9.17) is 0 Å². The minimum absolute atomic E-state index is 0.180. The lowest BCUT2D eigenvalue weighted by molar-refractivity contribution is 0.188. The predicted octanol–water partition coefficient (Wildman–Crippen LogP) is 1.95. The largest absolute Gasteiger partial charge is 0.391 e. The second-order valence-electron chi connectivity index (χ2n) is 4.90. The Morgan fingerprint density at radius 1 is 1.52 bits per heavy atom. The van der Waals surface area contributed by atoms with Gasteiger partial charge in [-0.15, -0.1) is 11.8 Å². The van der Waals surface area contributed by atoms with Crippen molar-refractivity contribution >= 4 is 17.7 Å². The summed E-state index contributed by atoms with van der Waals surface area (Å²) in [5, 5.41) is 12.8. The molecule has 1 heterocycles. The van der Waals surface area contributed by atoms with Crippen LogP contribution in [0.15, 0.2) is 34.2 Å². The van der Waals surface area contributed by atoms with Gasteiger partial charge in [-0.1, -0.05) is 12.1 Å². The Morgan fingerprint density at radius 3 is 3.00 bits per heavy atom. The lowest BCUT2D eigenvalue weighted by Gasteiger charge is -2.20. The molecule has 0 bridgehead atoms. The van der Waals surface area contributed by atoms with Crippen LogP contribution in [0, 0.1) is 5.82 Å². The Balaban J connectivity index is 1.84. The van der Waals surface area contributed by atoms with Crippen molar-refractivity contribution in [3.8, 4) is 0 Å². The SMILES string of the molecule is CCNC(=NCCSc1ccccc1F)N1CC[C@@H](O)C1.